The van der Waals surface area contributed by atoms with E-state index in [0.29, 0.717) is 33.8 Å². The highest BCUT2D eigenvalue weighted by Crippen LogP contribution is 2.21. The normalized spacial score (nSPS) is 11.6. The maximum atomic E-state index is 12.8. The molecule has 144 valence electrons. The fraction of sp³-hybridized carbons (Fsp3) is 0.350. The van der Waals surface area contributed by atoms with Crippen LogP contribution in [0.25, 0.3) is 0 Å². The summed E-state index contributed by atoms with van der Waals surface area (Å²) in [7, 11) is 1.32. The number of benzene rings is 1. The standard InChI is InChI=1S/C20H24N2O5/c1-6-27-20(25)16-11(2)17(22-12(16)3)18(23)13(4)21-15-9-7-14(8-10-15)19(24)26-5/h7-10,13,21-22H,6H2,1-5H3/t13-/m1/s1. The Kier molecular flexibility index (Phi) is 6.39. The summed E-state index contributed by atoms with van der Waals surface area (Å²) in [6.45, 7) is 7.20. The predicted molar refractivity (Wildman–Crippen MR) is 101 cm³/mol. The smallest absolute Gasteiger partial charge is 0.340 e. The van der Waals surface area contributed by atoms with Gasteiger partial charge in [0.05, 0.1) is 36.6 Å². The number of carbonyl (C=O) groups excluding carboxylic acids is 3. The summed E-state index contributed by atoms with van der Waals surface area (Å²) < 4.78 is 9.72. The molecule has 0 saturated carbocycles. The van der Waals surface area contributed by atoms with Gasteiger partial charge in [-0.2, -0.15) is 0 Å². The maximum absolute atomic E-state index is 12.8. The van der Waals surface area contributed by atoms with Gasteiger partial charge in [0.15, 0.2) is 0 Å². The lowest BCUT2D eigenvalue weighted by Gasteiger charge is -2.14. The number of hydrogen-bond donors (Lipinski definition) is 2. The SMILES string of the molecule is CCOC(=O)c1c(C)[nH]c(C(=O)[C@@H](C)Nc2ccc(C(=O)OC)cc2)c1C. The quantitative estimate of drug-likeness (QED) is 0.572. The van der Waals surface area contributed by atoms with Crippen molar-refractivity contribution >= 4 is 23.4 Å². The molecule has 27 heavy (non-hydrogen) atoms. The molecule has 1 aromatic carbocycles. The number of esters is 2. The van der Waals surface area contributed by atoms with E-state index in [9.17, 15) is 14.4 Å². The van der Waals surface area contributed by atoms with Crippen molar-refractivity contribution in [3.63, 3.8) is 0 Å². The Morgan fingerprint density at radius 3 is 2.30 bits per heavy atom. The largest absolute Gasteiger partial charge is 0.465 e. The van der Waals surface area contributed by atoms with Crippen LogP contribution in [0.5, 0.6) is 0 Å². The van der Waals surface area contributed by atoms with Crippen LogP contribution in [-0.2, 0) is 9.47 Å². The third kappa shape index (κ3) is 4.36. The van der Waals surface area contributed by atoms with Crippen molar-refractivity contribution in [1.29, 1.82) is 0 Å². The van der Waals surface area contributed by atoms with Gasteiger partial charge in [0.1, 0.15) is 0 Å². The average molecular weight is 372 g/mol. The fourth-order valence-corrected chi connectivity index (χ4v) is 2.86. The number of aromatic nitrogens is 1. The van der Waals surface area contributed by atoms with Gasteiger partial charge in [-0.1, -0.05) is 0 Å². The van der Waals surface area contributed by atoms with E-state index in [2.05, 4.69) is 15.0 Å². The third-order valence-electron chi connectivity index (χ3n) is 4.25. The summed E-state index contributed by atoms with van der Waals surface area (Å²) in [5, 5.41) is 3.10. The van der Waals surface area contributed by atoms with Gasteiger partial charge in [-0.05, 0) is 57.5 Å². The van der Waals surface area contributed by atoms with Crippen molar-refractivity contribution in [2.45, 2.75) is 33.7 Å². The molecular weight excluding hydrogens is 348 g/mol. The Morgan fingerprint density at radius 1 is 1.11 bits per heavy atom. The summed E-state index contributed by atoms with van der Waals surface area (Å²) >= 11 is 0. The van der Waals surface area contributed by atoms with Crippen molar-refractivity contribution < 1.29 is 23.9 Å². The number of aromatic amines is 1. The minimum absolute atomic E-state index is 0.178. The first kappa shape index (κ1) is 20.2. The number of aryl methyl sites for hydroxylation is 1. The fourth-order valence-electron chi connectivity index (χ4n) is 2.86. The second kappa shape index (κ2) is 8.53. The highest BCUT2D eigenvalue weighted by Gasteiger charge is 2.25. The summed E-state index contributed by atoms with van der Waals surface area (Å²) in [6, 6.07) is 6.10. The predicted octanol–water partition coefficient (Wildman–Crippen LogP) is 3.28. The summed E-state index contributed by atoms with van der Waals surface area (Å²) in [5.74, 6) is -1.04. The Morgan fingerprint density at radius 2 is 1.74 bits per heavy atom. The number of ether oxygens (including phenoxy) is 2. The van der Waals surface area contributed by atoms with E-state index in [4.69, 9.17) is 4.74 Å². The number of anilines is 1. The van der Waals surface area contributed by atoms with Gasteiger partial charge >= 0.3 is 11.9 Å². The molecule has 1 atom stereocenters. The first-order valence-electron chi connectivity index (χ1n) is 8.65. The molecule has 0 saturated heterocycles. The van der Waals surface area contributed by atoms with Gasteiger partial charge in [0.2, 0.25) is 5.78 Å². The van der Waals surface area contributed by atoms with Crippen LogP contribution in [-0.4, -0.2) is 42.5 Å². The zero-order valence-corrected chi connectivity index (χ0v) is 16.1. The van der Waals surface area contributed by atoms with Crippen molar-refractivity contribution in [3.05, 3.63) is 52.3 Å². The van der Waals surface area contributed by atoms with E-state index in [1.54, 1.807) is 52.0 Å². The molecule has 7 heteroatoms. The number of rotatable bonds is 7. The van der Waals surface area contributed by atoms with Gasteiger partial charge in [0.25, 0.3) is 0 Å². The van der Waals surface area contributed by atoms with E-state index >= 15 is 0 Å². The monoisotopic (exact) mass is 372 g/mol. The van der Waals surface area contributed by atoms with Crippen LogP contribution in [0.2, 0.25) is 0 Å². The van der Waals surface area contributed by atoms with Crippen LogP contribution in [0.4, 0.5) is 5.69 Å². The van der Waals surface area contributed by atoms with Gasteiger partial charge in [-0.15, -0.1) is 0 Å². The zero-order chi connectivity index (χ0) is 20.1. The number of H-pyrrole nitrogens is 1. The molecule has 2 aromatic rings. The molecule has 0 fully saturated rings. The summed E-state index contributed by atoms with van der Waals surface area (Å²) in [5.41, 5.74) is 3.07. The molecule has 2 rings (SSSR count). The minimum atomic E-state index is -0.541. The number of carbonyl (C=O) groups is 3. The van der Waals surface area contributed by atoms with Crippen molar-refractivity contribution in [1.82, 2.24) is 4.98 Å². The molecule has 1 aromatic heterocycles. The van der Waals surface area contributed by atoms with Crippen LogP contribution in [0.3, 0.4) is 0 Å². The Hall–Kier alpha value is -3.09. The van der Waals surface area contributed by atoms with E-state index < -0.39 is 18.0 Å². The van der Waals surface area contributed by atoms with E-state index in [1.165, 1.54) is 7.11 Å². The van der Waals surface area contributed by atoms with Crippen LogP contribution in [0.1, 0.15) is 56.3 Å². The highest BCUT2D eigenvalue weighted by atomic mass is 16.5. The number of ketones is 1. The van der Waals surface area contributed by atoms with Crippen LogP contribution in [0, 0.1) is 13.8 Å². The Balaban J connectivity index is 2.17. The average Bonchev–Trinajstić information content (AvgIpc) is 2.95. The zero-order valence-electron chi connectivity index (χ0n) is 16.1. The second-order valence-corrected chi connectivity index (χ2v) is 6.14. The number of methoxy groups -OCH3 is 1. The summed E-state index contributed by atoms with van der Waals surface area (Å²) in [4.78, 5) is 39.4. The molecule has 7 nitrogen and oxygen atoms in total. The van der Waals surface area contributed by atoms with Crippen LogP contribution < -0.4 is 5.32 Å². The number of nitrogens with one attached hydrogen (secondary N) is 2. The van der Waals surface area contributed by atoms with Crippen LogP contribution >= 0.6 is 0 Å². The lowest BCUT2D eigenvalue weighted by atomic mass is 10.0. The van der Waals surface area contributed by atoms with E-state index in [0.717, 1.165) is 0 Å². The molecule has 0 bridgehead atoms. The molecule has 2 N–H and O–H groups in total. The van der Waals surface area contributed by atoms with Gasteiger partial charge in [-0.25, -0.2) is 9.59 Å². The molecule has 0 aliphatic carbocycles. The van der Waals surface area contributed by atoms with Crippen LogP contribution in [0.15, 0.2) is 24.3 Å². The second-order valence-electron chi connectivity index (χ2n) is 6.14. The first-order valence-corrected chi connectivity index (χ1v) is 8.65. The molecule has 0 unspecified atom stereocenters. The first-order chi connectivity index (χ1) is 12.8. The third-order valence-corrected chi connectivity index (χ3v) is 4.25. The highest BCUT2D eigenvalue weighted by molar-refractivity contribution is 6.04. The molecule has 0 aliphatic heterocycles. The minimum Gasteiger partial charge on any atom is -0.465 e. The summed E-state index contributed by atoms with van der Waals surface area (Å²) in [6.07, 6.45) is 0. The van der Waals surface area contributed by atoms with Gasteiger partial charge in [-0.3, -0.25) is 4.79 Å². The molecule has 0 aliphatic rings. The maximum Gasteiger partial charge on any atom is 0.340 e. The number of hydrogen-bond acceptors (Lipinski definition) is 6. The lowest BCUT2D eigenvalue weighted by molar-refractivity contribution is 0.0524. The van der Waals surface area contributed by atoms with Crippen molar-refractivity contribution in [3.8, 4) is 0 Å². The molecule has 1 heterocycles. The van der Waals surface area contributed by atoms with Gasteiger partial charge < -0.3 is 19.8 Å². The van der Waals surface area contributed by atoms with E-state index in [-0.39, 0.29) is 12.4 Å². The lowest BCUT2D eigenvalue weighted by Crippen LogP contribution is -2.27. The Labute approximate surface area is 158 Å². The van der Waals surface area contributed by atoms with Crippen molar-refractivity contribution in [2.75, 3.05) is 19.0 Å². The van der Waals surface area contributed by atoms with E-state index in [1.807, 2.05) is 0 Å². The molecule has 0 amide bonds. The van der Waals surface area contributed by atoms with Gasteiger partial charge in [0, 0.05) is 11.4 Å². The van der Waals surface area contributed by atoms with Crippen molar-refractivity contribution in [2.24, 2.45) is 0 Å². The number of Topliss-reactive ketones (excluding diaryl/α,β-unsaturated/α-hetero) is 1. The molecule has 0 spiro atoms. The molecule has 0 radical (unpaired) electrons. The molecular formula is C20H24N2O5. The Bertz CT molecular complexity index is 852. The topological polar surface area (TPSA) is 97.5 Å².